The molecule has 0 unspecified atom stereocenters. The third-order valence-electron chi connectivity index (χ3n) is 4.51. The monoisotopic (exact) mass is 402 g/mol. The van der Waals surface area contributed by atoms with E-state index in [0.717, 1.165) is 0 Å². The van der Waals surface area contributed by atoms with E-state index < -0.39 is 15.4 Å². The third kappa shape index (κ3) is 3.87. The Bertz CT molecular complexity index is 1050. The van der Waals surface area contributed by atoms with E-state index in [9.17, 15) is 23.1 Å². The number of sulfonamides is 1. The first-order valence-electron chi connectivity index (χ1n) is 8.81. The zero-order valence-electron chi connectivity index (χ0n) is 15.9. The molecule has 0 radical (unpaired) electrons. The van der Waals surface area contributed by atoms with Crippen molar-refractivity contribution in [3.05, 3.63) is 47.5 Å². The molecular formula is C20H22N2O5S. The first-order valence-corrected chi connectivity index (χ1v) is 10.3. The van der Waals surface area contributed by atoms with Crippen LogP contribution in [0.2, 0.25) is 0 Å². The van der Waals surface area contributed by atoms with Gasteiger partial charge in [0.15, 0.2) is 5.78 Å². The molecule has 2 aromatic carbocycles. The molecule has 7 nitrogen and oxygen atoms in total. The van der Waals surface area contributed by atoms with Gasteiger partial charge in [-0.1, -0.05) is 26.8 Å². The maximum absolute atomic E-state index is 12.7. The van der Waals surface area contributed by atoms with Gasteiger partial charge in [-0.25, -0.2) is 8.42 Å². The summed E-state index contributed by atoms with van der Waals surface area (Å²) >= 11 is 0. The number of aromatic hydroxyl groups is 1. The van der Waals surface area contributed by atoms with Crippen LogP contribution in [0.15, 0.2) is 41.3 Å². The van der Waals surface area contributed by atoms with E-state index in [1.54, 1.807) is 26.8 Å². The largest absolute Gasteiger partial charge is 0.506 e. The molecule has 28 heavy (non-hydrogen) atoms. The number of carbonyl (C=O) groups excluding carboxylic acids is 2. The molecule has 1 amide bonds. The molecule has 0 saturated carbocycles. The lowest BCUT2D eigenvalue weighted by Gasteiger charge is -2.18. The van der Waals surface area contributed by atoms with Crippen LogP contribution in [0.4, 0.5) is 11.4 Å². The summed E-state index contributed by atoms with van der Waals surface area (Å²) in [7, 11) is -4.03. The van der Waals surface area contributed by atoms with Crippen LogP contribution in [0.1, 0.15) is 43.1 Å². The zero-order chi connectivity index (χ0) is 20.7. The minimum Gasteiger partial charge on any atom is -0.506 e. The van der Waals surface area contributed by atoms with Gasteiger partial charge in [-0.2, -0.15) is 0 Å². The lowest BCUT2D eigenvalue weighted by Crippen LogP contribution is -2.27. The Hall–Kier alpha value is -2.87. The van der Waals surface area contributed by atoms with Crippen LogP contribution in [-0.2, 0) is 21.2 Å². The highest BCUT2D eigenvalue weighted by Gasteiger charge is 2.28. The highest BCUT2D eigenvalue weighted by Crippen LogP contribution is 2.37. The van der Waals surface area contributed by atoms with Crippen molar-refractivity contribution < 1.29 is 23.1 Å². The summed E-state index contributed by atoms with van der Waals surface area (Å²) in [5, 5.41) is 12.8. The second-order valence-electron chi connectivity index (χ2n) is 7.75. The number of hydrogen-bond acceptors (Lipinski definition) is 5. The van der Waals surface area contributed by atoms with Gasteiger partial charge in [-0.05, 0) is 42.3 Å². The van der Waals surface area contributed by atoms with Crippen LogP contribution in [0, 0.1) is 5.41 Å². The summed E-state index contributed by atoms with van der Waals surface area (Å²) in [4.78, 5) is 24.1. The van der Waals surface area contributed by atoms with Crippen molar-refractivity contribution in [2.24, 2.45) is 5.41 Å². The van der Waals surface area contributed by atoms with Crippen LogP contribution in [0.25, 0.3) is 0 Å². The minimum atomic E-state index is -4.03. The number of rotatable bonds is 4. The normalized spacial score (nSPS) is 13.9. The first-order chi connectivity index (χ1) is 13.0. The van der Waals surface area contributed by atoms with Crippen LogP contribution < -0.4 is 10.0 Å². The van der Waals surface area contributed by atoms with Crippen molar-refractivity contribution in [2.45, 2.75) is 38.5 Å². The fraction of sp³-hybridized carbons (Fsp3) is 0.300. The molecule has 0 bridgehead atoms. The maximum Gasteiger partial charge on any atom is 0.262 e. The SMILES string of the molecule is CC(C)(C)C(=O)Nc1ccc(S(=O)(=O)Nc2c(O)ccc3c2C(=O)CC3)cc1. The fourth-order valence-electron chi connectivity index (χ4n) is 2.87. The van der Waals surface area contributed by atoms with E-state index >= 15 is 0 Å². The molecule has 1 aliphatic carbocycles. The number of fused-ring (bicyclic) bond motifs is 1. The molecule has 148 valence electrons. The standard InChI is InChI=1S/C20H22N2O5S/c1-20(2,3)19(25)21-13-6-8-14(9-7-13)28(26,27)22-18-16(24)11-5-12-4-10-15(23)17(12)18/h5-9,11,22,24H,4,10H2,1-3H3,(H,21,25). The van der Waals surface area contributed by atoms with E-state index in [1.165, 1.54) is 30.3 Å². The molecule has 0 aromatic heterocycles. The zero-order valence-corrected chi connectivity index (χ0v) is 16.7. The second-order valence-corrected chi connectivity index (χ2v) is 9.43. The van der Waals surface area contributed by atoms with Gasteiger partial charge >= 0.3 is 0 Å². The van der Waals surface area contributed by atoms with Gasteiger partial charge in [0.1, 0.15) is 11.4 Å². The van der Waals surface area contributed by atoms with Crippen molar-refractivity contribution in [3.8, 4) is 5.75 Å². The Morgan fingerprint density at radius 2 is 1.68 bits per heavy atom. The number of nitrogens with one attached hydrogen (secondary N) is 2. The van der Waals surface area contributed by atoms with Gasteiger partial charge in [0.2, 0.25) is 5.91 Å². The highest BCUT2D eigenvalue weighted by molar-refractivity contribution is 7.92. The summed E-state index contributed by atoms with van der Waals surface area (Å²) in [5.74, 6) is -0.694. The number of amides is 1. The predicted molar refractivity (Wildman–Crippen MR) is 106 cm³/mol. The van der Waals surface area contributed by atoms with Crippen LogP contribution in [0.5, 0.6) is 5.75 Å². The van der Waals surface area contributed by atoms with Crippen molar-refractivity contribution in [1.82, 2.24) is 0 Å². The van der Waals surface area contributed by atoms with Crippen LogP contribution in [-0.4, -0.2) is 25.2 Å². The van der Waals surface area contributed by atoms with E-state index in [4.69, 9.17) is 0 Å². The molecule has 1 aliphatic rings. The first kappa shape index (κ1) is 19.9. The number of Topliss-reactive ketones (excluding diaryl/α,β-unsaturated/α-hetero) is 1. The lowest BCUT2D eigenvalue weighted by atomic mass is 9.95. The fourth-order valence-corrected chi connectivity index (χ4v) is 3.96. The van der Waals surface area contributed by atoms with Crippen molar-refractivity contribution in [1.29, 1.82) is 0 Å². The maximum atomic E-state index is 12.7. The van der Waals surface area contributed by atoms with E-state index in [0.29, 0.717) is 17.7 Å². The van der Waals surface area contributed by atoms with E-state index in [2.05, 4.69) is 10.0 Å². The van der Waals surface area contributed by atoms with Gasteiger partial charge in [0.05, 0.1) is 4.90 Å². The molecule has 0 aliphatic heterocycles. The quantitative estimate of drug-likeness (QED) is 0.679. The predicted octanol–water partition coefficient (Wildman–Crippen LogP) is 3.31. The number of phenols is 1. The van der Waals surface area contributed by atoms with E-state index in [1.807, 2.05) is 0 Å². The third-order valence-corrected chi connectivity index (χ3v) is 5.88. The summed E-state index contributed by atoms with van der Waals surface area (Å²) in [6.45, 7) is 5.32. The topological polar surface area (TPSA) is 113 Å². The highest BCUT2D eigenvalue weighted by atomic mass is 32.2. The summed E-state index contributed by atoms with van der Waals surface area (Å²) in [5.41, 5.74) is 0.727. The van der Waals surface area contributed by atoms with Gasteiger partial charge in [0, 0.05) is 23.1 Å². The number of benzene rings is 2. The summed E-state index contributed by atoms with van der Waals surface area (Å²) < 4.78 is 27.8. The van der Waals surface area contributed by atoms with Gasteiger partial charge in [-0.3, -0.25) is 14.3 Å². The Kier molecular flexibility index (Phi) is 4.93. The number of ketones is 1. The smallest absolute Gasteiger partial charge is 0.262 e. The van der Waals surface area contributed by atoms with Gasteiger partial charge < -0.3 is 10.4 Å². The average Bonchev–Trinajstić information content (AvgIpc) is 2.98. The molecule has 2 aromatic rings. The molecule has 0 spiro atoms. The number of anilines is 2. The summed E-state index contributed by atoms with van der Waals surface area (Å²) in [6.07, 6.45) is 0.807. The number of carbonyl (C=O) groups is 2. The van der Waals surface area contributed by atoms with Crippen LogP contribution in [0.3, 0.4) is 0 Å². The lowest BCUT2D eigenvalue weighted by molar-refractivity contribution is -0.123. The molecule has 3 rings (SSSR count). The van der Waals surface area contributed by atoms with Gasteiger partial charge in [-0.15, -0.1) is 0 Å². The van der Waals surface area contributed by atoms with Crippen molar-refractivity contribution >= 4 is 33.1 Å². The molecule has 3 N–H and O–H groups in total. The molecule has 0 heterocycles. The second kappa shape index (κ2) is 6.94. The van der Waals surface area contributed by atoms with Gasteiger partial charge in [0.25, 0.3) is 10.0 Å². The number of phenolic OH excluding ortho intramolecular Hbond substituents is 1. The number of hydrogen-bond donors (Lipinski definition) is 3. The number of aryl methyl sites for hydroxylation is 1. The van der Waals surface area contributed by atoms with E-state index in [-0.39, 0.29) is 40.0 Å². The van der Waals surface area contributed by atoms with Crippen LogP contribution >= 0.6 is 0 Å². The minimum absolute atomic E-state index is 0.0521. The Labute approximate surface area is 163 Å². The molecule has 0 fully saturated rings. The Morgan fingerprint density at radius 1 is 1.04 bits per heavy atom. The van der Waals surface area contributed by atoms with Crippen molar-refractivity contribution in [3.63, 3.8) is 0 Å². The van der Waals surface area contributed by atoms with Crippen molar-refractivity contribution in [2.75, 3.05) is 10.0 Å². The Balaban J connectivity index is 1.86. The Morgan fingerprint density at radius 3 is 2.29 bits per heavy atom. The molecular weight excluding hydrogens is 380 g/mol. The summed E-state index contributed by atoms with van der Waals surface area (Å²) in [6, 6.07) is 8.67. The molecule has 0 atom stereocenters. The molecule has 0 saturated heterocycles. The molecule has 8 heteroatoms. The average molecular weight is 402 g/mol.